The lowest BCUT2D eigenvalue weighted by Crippen LogP contribution is -2.43. The summed E-state index contributed by atoms with van der Waals surface area (Å²) in [5.41, 5.74) is 1.73. The van der Waals surface area contributed by atoms with Crippen molar-refractivity contribution in [3.63, 3.8) is 0 Å². The Balaban J connectivity index is 0.00000229. The standard InChI is InChI=1S/C34H30F6N10O2S.C2H6/c1-47(2)31(51)29-43-22-14-48(8-9-50(22)46-29)30-18-10-20(34(38,39)40)24(17-4-5-21(36)27-23(17)19(12-41)28(42)53-27)25(37)26(18)44-32(45-30)52-15-33-6-3-7-49(33)13-16(35)11-33;1-2/h4-5,10,16H,3,6-9,11,13-15,42H2,1-2H3;1-2H3. The molecule has 2 saturated heterocycles. The fourth-order valence-electron chi connectivity index (χ4n) is 7.75. The van der Waals surface area contributed by atoms with Crippen LogP contribution in [0.2, 0.25) is 0 Å². The van der Waals surface area contributed by atoms with Gasteiger partial charge in [0.2, 0.25) is 5.82 Å². The first-order valence-corrected chi connectivity index (χ1v) is 18.5. The zero-order chi connectivity index (χ0) is 39.6. The van der Waals surface area contributed by atoms with Crippen LogP contribution in [-0.2, 0) is 19.3 Å². The topological polar surface area (TPSA) is 142 Å². The van der Waals surface area contributed by atoms with Gasteiger partial charge in [0.15, 0.2) is 5.82 Å². The minimum absolute atomic E-state index is 0.0455. The van der Waals surface area contributed by atoms with Crippen LogP contribution in [0.5, 0.6) is 6.01 Å². The van der Waals surface area contributed by atoms with Gasteiger partial charge < -0.3 is 20.3 Å². The van der Waals surface area contributed by atoms with Gasteiger partial charge in [0, 0.05) is 49.9 Å². The number of hydrogen-bond donors (Lipinski definition) is 1. The van der Waals surface area contributed by atoms with E-state index < -0.39 is 57.6 Å². The van der Waals surface area contributed by atoms with Crippen LogP contribution < -0.4 is 15.4 Å². The molecule has 12 nitrogen and oxygen atoms in total. The first-order valence-electron chi connectivity index (χ1n) is 17.6. The quantitative estimate of drug-likeness (QED) is 0.188. The van der Waals surface area contributed by atoms with Gasteiger partial charge in [-0.2, -0.15) is 28.4 Å². The molecule has 3 aliphatic rings. The van der Waals surface area contributed by atoms with Crippen LogP contribution in [-0.4, -0.2) is 92.5 Å². The van der Waals surface area contributed by atoms with E-state index in [0.717, 1.165) is 24.6 Å². The third-order valence-corrected chi connectivity index (χ3v) is 11.2. The average Bonchev–Trinajstić information content (AvgIpc) is 3.91. The molecule has 0 spiro atoms. The molecule has 2 fully saturated rings. The molecule has 2 N–H and O–H groups in total. The predicted octanol–water partition coefficient (Wildman–Crippen LogP) is 6.56. The van der Waals surface area contributed by atoms with Crippen LogP contribution in [0.4, 0.5) is 37.2 Å². The van der Waals surface area contributed by atoms with Gasteiger partial charge in [0.1, 0.15) is 46.8 Å². The number of carbonyl (C=O) groups excluding carboxylic acids is 1. The lowest BCUT2D eigenvalue weighted by atomic mass is 9.92. The molecular formula is C36H36F6N10O2S. The number of fused-ring (bicyclic) bond motifs is 4. The van der Waals surface area contributed by atoms with E-state index in [0.29, 0.717) is 30.1 Å². The van der Waals surface area contributed by atoms with Crippen molar-refractivity contribution >= 4 is 49.1 Å². The summed E-state index contributed by atoms with van der Waals surface area (Å²) in [6, 6.07) is 4.07. The lowest BCUT2D eigenvalue weighted by Gasteiger charge is -2.31. The Morgan fingerprint density at radius 2 is 1.93 bits per heavy atom. The zero-order valence-electron chi connectivity index (χ0n) is 30.3. The highest BCUT2D eigenvalue weighted by Crippen LogP contribution is 2.48. The predicted molar refractivity (Wildman–Crippen MR) is 193 cm³/mol. The Labute approximate surface area is 315 Å². The Morgan fingerprint density at radius 1 is 1.16 bits per heavy atom. The maximum atomic E-state index is 17.2. The van der Waals surface area contributed by atoms with E-state index >= 15 is 17.6 Å². The highest BCUT2D eigenvalue weighted by molar-refractivity contribution is 7.23. The minimum Gasteiger partial charge on any atom is -0.461 e. The van der Waals surface area contributed by atoms with E-state index in [-0.39, 0.29) is 82.9 Å². The molecule has 0 bridgehead atoms. The molecule has 3 aromatic heterocycles. The summed E-state index contributed by atoms with van der Waals surface area (Å²) in [6.07, 6.45) is -4.55. The second-order valence-electron chi connectivity index (χ2n) is 13.6. The van der Waals surface area contributed by atoms with Crippen LogP contribution in [0.1, 0.15) is 60.7 Å². The van der Waals surface area contributed by atoms with Gasteiger partial charge in [0.05, 0.1) is 34.5 Å². The molecular weight excluding hydrogens is 751 g/mol. The summed E-state index contributed by atoms with van der Waals surface area (Å²) in [6.45, 7) is 5.09. The number of ether oxygens (including phenoxy) is 1. The van der Waals surface area contributed by atoms with Gasteiger partial charge in [0.25, 0.3) is 5.91 Å². The molecule has 2 atom stereocenters. The first kappa shape index (κ1) is 38.1. The van der Waals surface area contributed by atoms with Crippen LogP contribution in [0.25, 0.3) is 32.1 Å². The number of amides is 1. The number of halogens is 6. The number of benzene rings is 2. The number of carbonyl (C=O) groups is 1. The molecule has 8 rings (SSSR count). The molecule has 290 valence electrons. The fourth-order valence-corrected chi connectivity index (χ4v) is 8.70. The molecule has 55 heavy (non-hydrogen) atoms. The molecule has 3 aliphatic heterocycles. The van der Waals surface area contributed by atoms with Gasteiger partial charge in [-0.05, 0) is 37.1 Å². The highest BCUT2D eigenvalue weighted by atomic mass is 32.1. The number of nitrogens with zero attached hydrogens (tertiary/aromatic N) is 9. The van der Waals surface area contributed by atoms with E-state index in [1.165, 1.54) is 9.58 Å². The Bertz CT molecular complexity index is 2370. The molecule has 0 radical (unpaired) electrons. The number of rotatable bonds is 6. The molecule has 2 aromatic carbocycles. The SMILES string of the molecule is CC.CN(C)C(=O)c1nc2n(n1)CCN(c1nc(OCC34CCCN3CC(F)C4)nc3c(F)c(-c4ccc(F)c5sc(N)c(C#N)c45)c(C(F)(F)F)cc13)C2. The van der Waals surface area contributed by atoms with Crippen molar-refractivity contribution in [1.82, 2.24) is 34.5 Å². The summed E-state index contributed by atoms with van der Waals surface area (Å²) in [5, 5.41) is 13.4. The monoisotopic (exact) mass is 786 g/mol. The maximum absolute atomic E-state index is 17.2. The Hall–Kier alpha value is -5.22. The molecule has 5 aromatic rings. The number of nitrogen functional groups attached to an aromatic ring is 1. The summed E-state index contributed by atoms with van der Waals surface area (Å²) in [7, 11) is 3.08. The second-order valence-corrected chi connectivity index (χ2v) is 14.7. The third kappa shape index (κ3) is 6.44. The Morgan fingerprint density at radius 3 is 2.64 bits per heavy atom. The summed E-state index contributed by atoms with van der Waals surface area (Å²) < 4.78 is 99.2. The van der Waals surface area contributed by atoms with Crippen molar-refractivity contribution < 1.29 is 35.9 Å². The molecule has 0 aliphatic carbocycles. The van der Waals surface area contributed by atoms with Crippen molar-refractivity contribution in [2.45, 2.75) is 64.1 Å². The van der Waals surface area contributed by atoms with E-state index in [2.05, 4.69) is 20.1 Å². The van der Waals surface area contributed by atoms with Gasteiger partial charge in [-0.15, -0.1) is 16.4 Å². The lowest BCUT2D eigenvalue weighted by molar-refractivity contribution is -0.137. The zero-order valence-corrected chi connectivity index (χ0v) is 31.1. The van der Waals surface area contributed by atoms with E-state index in [4.69, 9.17) is 10.5 Å². The maximum Gasteiger partial charge on any atom is 0.417 e. The van der Waals surface area contributed by atoms with Crippen LogP contribution in [0, 0.1) is 23.0 Å². The van der Waals surface area contributed by atoms with Crippen LogP contribution in [0.3, 0.4) is 0 Å². The summed E-state index contributed by atoms with van der Waals surface area (Å²) >= 11 is 0.667. The number of anilines is 2. The third-order valence-electron chi connectivity index (χ3n) is 10.2. The van der Waals surface area contributed by atoms with Crippen molar-refractivity contribution in [1.29, 1.82) is 5.26 Å². The molecule has 0 saturated carbocycles. The van der Waals surface area contributed by atoms with Crippen LogP contribution in [0.15, 0.2) is 18.2 Å². The minimum atomic E-state index is -5.15. The Kier molecular flexibility index (Phi) is 9.78. The number of hydrogen-bond acceptors (Lipinski definition) is 11. The number of nitrogens with two attached hydrogens (primary N) is 1. The first-order chi connectivity index (χ1) is 26.2. The van der Waals surface area contributed by atoms with Gasteiger partial charge in [-0.3, -0.25) is 9.69 Å². The van der Waals surface area contributed by atoms with Crippen molar-refractivity contribution in [2.24, 2.45) is 0 Å². The van der Waals surface area contributed by atoms with Crippen LogP contribution >= 0.6 is 11.3 Å². The number of aromatic nitrogens is 5. The molecule has 19 heteroatoms. The smallest absolute Gasteiger partial charge is 0.417 e. The normalized spacial score (nSPS) is 19.6. The molecule has 6 heterocycles. The van der Waals surface area contributed by atoms with E-state index in [1.807, 2.05) is 24.8 Å². The van der Waals surface area contributed by atoms with Gasteiger partial charge in [-0.1, -0.05) is 19.9 Å². The number of thiophene rings is 1. The van der Waals surface area contributed by atoms with Crippen molar-refractivity contribution in [3.05, 3.63) is 52.6 Å². The number of nitriles is 1. The van der Waals surface area contributed by atoms with Crippen molar-refractivity contribution in [2.75, 3.05) is 51.0 Å². The summed E-state index contributed by atoms with van der Waals surface area (Å²) in [4.78, 5) is 30.6. The number of alkyl halides is 4. The molecule has 2 unspecified atom stereocenters. The second kappa shape index (κ2) is 14.1. The molecule has 1 amide bonds. The van der Waals surface area contributed by atoms with Gasteiger partial charge in [-0.25, -0.2) is 22.8 Å². The van der Waals surface area contributed by atoms with E-state index in [1.54, 1.807) is 19.0 Å². The largest absolute Gasteiger partial charge is 0.461 e. The fraction of sp³-hybridized carbons (Fsp3) is 0.444. The van der Waals surface area contributed by atoms with Crippen molar-refractivity contribution in [3.8, 4) is 23.2 Å². The highest BCUT2D eigenvalue weighted by Gasteiger charge is 2.49. The summed E-state index contributed by atoms with van der Waals surface area (Å²) in [5.74, 6) is -2.55. The average molecular weight is 787 g/mol. The van der Waals surface area contributed by atoms with E-state index in [9.17, 15) is 18.8 Å². The van der Waals surface area contributed by atoms with Gasteiger partial charge >= 0.3 is 12.2 Å².